The molecule has 1 saturated carbocycles. The van der Waals surface area contributed by atoms with Crippen LogP contribution in [-0.4, -0.2) is 22.4 Å². The third kappa shape index (κ3) is 6.35. The fraction of sp³-hybridized carbons (Fsp3) is 0.304. The Kier molecular flexibility index (Phi) is 6.83. The maximum Gasteiger partial charge on any atom is 0.573 e. The van der Waals surface area contributed by atoms with Crippen molar-refractivity contribution in [1.82, 2.24) is 9.97 Å². The number of alkyl halides is 3. The van der Waals surface area contributed by atoms with Crippen molar-refractivity contribution in [2.45, 2.75) is 44.6 Å². The Morgan fingerprint density at radius 2 is 1.75 bits per heavy atom. The van der Waals surface area contributed by atoms with Gasteiger partial charge in [-0.25, -0.2) is 4.98 Å². The van der Waals surface area contributed by atoms with Crippen molar-refractivity contribution in [2.75, 3.05) is 10.6 Å². The van der Waals surface area contributed by atoms with Crippen LogP contribution in [0, 0.1) is 0 Å². The van der Waals surface area contributed by atoms with Crippen molar-refractivity contribution in [2.24, 2.45) is 0 Å². The van der Waals surface area contributed by atoms with Crippen molar-refractivity contribution in [3.63, 3.8) is 0 Å². The molecular formula is C23H22BrF3N4O. The van der Waals surface area contributed by atoms with Gasteiger partial charge in [0.05, 0.1) is 5.69 Å². The van der Waals surface area contributed by atoms with Crippen LogP contribution in [0.2, 0.25) is 0 Å². The molecule has 1 heterocycles. The second-order valence-corrected chi connectivity index (χ2v) is 8.56. The van der Waals surface area contributed by atoms with Gasteiger partial charge in [0, 0.05) is 28.7 Å². The van der Waals surface area contributed by atoms with E-state index in [1.54, 1.807) is 12.1 Å². The molecule has 1 aromatic heterocycles. The average molecular weight is 507 g/mol. The van der Waals surface area contributed by atoms with Gasteiger partial charge in [-0.15, -0.1) is 13.2 Å². The van der Waals surface area contributed by atoms with E-state index in [0.29, 0.717) is 35.6 Å². The van der Waals surface area contributed by atoms with E-state index in [1.807, 2.05) is 24.3 Å². The molecule has 32 heavy (non-hydrogen) atoms. The third-order valence-electron chi connectivity index (χ3n) is 5.16. The van der Waals surface area contributed by atoms with Gasteiger partial charge < -0.3 is 15.4 Å². The normalized spacial score (nSPS) is 14.4. The molecule has 0 atom stereocenters. The molecule has 9 heteroatoms. The Bertz CT molecular complexity index is 1050. The van der Waals surface area contributed by atoms with E-state index in [1.165, 1.54) is 18.2 Å². The van der Waals surface area contributed by atoms with Gasteiger partial charge in [-0.05, 0) is 42.7 Å². The summed E-state index contributed by atoms with van der Waals surface area (Å²) in [4.78, 5) is 9.15. The average Bonchev–Trinajstić information content (AvgIpc) is 3.25. The molecule has 0 bridgehead atoms. The van der Waals surface area contributed by atoms with Gasteiger partial charge in [0.25, 0.3) is 0 Å². The maximum atomic E-state index is 12.6. The lowest BCUT2D eigenvalue weighted by Gasteiger charge is -2.15. The summed E-state index contributed by atoms with van der Waals surface area (Å²) in [6, 6.07) is 15.7. The van der Waals surface area contributed by atoms with Gasteiger partial charge in [0.2, 0.25) is 5.95 Å². The van der Waals surface area contributed by atoms with Gasteiger partial charge in [-0.3, -0.25) is 0 Å². The molecule has 0 unspecified atom stereocenters. The molecule has 1 aliphatic rings. The number of ether oxygens (including phenoxy) is 1. The number of aromatic nitrogens is 2. The highest BCUT2D eigenvalue weighted by Crippen LogP contribution is 2.29. The molecule has 1 aliphatic carbocycles. The lowest BCUT2D eigenvalue weighted by Crippen LogP contribution is -2.18. The van der Waals surface area contributed by atoms with E-state index >= 15 is 0 Å². The number of anilines is 2. The Morgan fingerprint density at radius 3 is 2.47 bits per heavy atom. The molecule has 0 aliphatic heterocycles. The summed E-state index contributed by atoms with van der Waals surface area (Å²) in [6.45, 7) is 0.545. The molecule has 2 aromatic carbocycles. The second kappa shape index (κ2) is 9.77. The Hall–Kier alpha value is -2.81. The smallest absolute Gasteiger partial charge is 0.406 e. The number of hydrogen-bond acceptors (Lipinski definition) is 5. The highest BCUT2D eigenvalue weighted by molar-refractivity contribution is 9.10. The topological polar surface area (TPSA) is 59.1 Å². The van der Waals surface area contributed by atoms with Crippen molar-refractivity contribution < 1.29 is 17.9 Å². The van der Waals surface area contributed by atoms with Crippen LogP contribution in [0.5, 0.6) is 5.75 Å². The molecular weight excluding hydrogens is 485 g/mol. The summed E-state index contributed by atoms with van der Waals surface area (Å²) >= 11 is 3.42. The van der Waals surface area contributed by atoms with Crippen LogP contribution >= 0.6 is 15.9 Å². The first-order chi connectivity index (χ1) is 15.3. The van der Waals surface area contributed by atoms with E-state index in [-0.39, 0.29) is 5.75 Å². The van der Waals surface area contributed by atoms with Crippen LogP contribution in [0.4, 0.5) is 24.9 Å². The van der Waals surface area contributed by atoms with Crippen molar-refractivity contribution >= 4 is 27.7 Å². The number of nitrogens with one attached hydrogen (secondary N) is 2. The second-order valence-electron chi connectivity index (χ2n) is 7.64. The number of benzene rings is 2. The summed E-state index contributed by atoms with van der Waals surface area (Å²) < 4.78 is 43.0. The Morgan fingerprint density at radius 1 is 1.00 bits per heavy atom. The van der Waals surface area contributed by atoms with Crippen LogP contribution < -0.4 is 15.4 Å². The molecule has 0 amide bonds. The van der Waals surface area contributed by atoms with Crippen LogP contribution in [-0.2, 0) is 6.54 Å². The van der Waals surface area contributed by atoms with E-state index in [4.69, 9.17) is 0 Å². The maximum absolute atomic E-state index is 12.6. The first-order valence-corrected chi connectivity index (χ1v) is 11.1. The summed E-state index contributed by atoms with van der Waals surface area (Å²) in [5.41, 5.74) is 2.08. The number of nitrogens with zero attached hydrogens (tertiary/aromatic N) is 2. The van der Waals surface area contributed by atoms with E-state index in [2.05, 4.69) is 41.3 Å². The molecule has 168 valence electrons. The third-order valence-corrected chi connectivity index (χ3v) is 5.69. The summed E-state index contributed by atoms with van der Waals surface area (Å²) in [5.74, 6) is 0.749. The minimum absolute atomic E-state index is 0.289. The lowest BCUT2D eigenvalue weighted by atomic mass is 10.1. The molecule has 0 spiro atoms. The zero-order chi connectivity index (χ0) is 22.6. The largest absolute Gasteiger partial charge is 0.573 e. The quantitative estimate of drug-likeness (QED) is 0.370. The first kappa shape index (κ1) is 22.4. The zero-order valence-corrected chi connectivity index (χ0v) is 18.7. The predicted octanol–water partition coefficient (Wildman–Crippen LogP) is 6.77. The van der Waals surface area contributed by atoms with Gasteiger partial charge in [-0.1, -0.05) is 53.0 Å². The molecule has 5 nitrogen and oxygen atoms in total. The van der Waals surface area contributed by atoms with Crippen LogP contribution in [0.15, 0.2) is 59.1 Å². The van der Waals surface area contributed by atoms with Gasteiger partial charge in [0.15, 0.2) is 0 Å². The highest BCUT2D eigenvalue weighted by atomic mass is 79.9. The van der Waals surface area contributed by atoms with Crippen molar-refractivity contribution in [3.05, 3.63) is 64.6 Å². The minimum Gasteiger partial charge on any atom is -0.406 e. The zero-order valence-electron chi connectivity index (χ0n) is 17.1. The molecule has 4 rings (SSSR count). The molecule has 2 N–H and O–H groups in total. The Balaban J connectivity index is 1.60. The highest BCUT2D eigenvalue weighted by Gasteiger charge is 2.31. The van der Waals surface area contributed by atoms with Gasteiger partial charge in [0.1, 0.15) is 11.6 Å². The van der Waals surface area contributed by atoms with Gasteiger partial charge >= 0.3 is 6.36 Å². The van der Waals surface area contributed by atoms with Crippen LogP contribution in [0.1, 0.15) is 31.2 Å². The minimum atomic E-state index is -4.75. The monoisotopic (exact) mass is 506 g/mol. The molecule has 0 saturated heterocycles. The van der Waals surface area contributed by atoms with Crippen LogP contribution in [0.3, 0.4) is 0 Å². The van der Waals surface area contributed by atoms with E-state index in [0.717, 1.165) is 35.7 Å². The van der Waals surface area contributed by atoms with Crippen molar-refractivity contribution in [3.8, 4) is 17.0 Å². The molecule has 3 aromatic rings. The number of rotatable bonds is 7. The number of hydrogen-bond donors (Lipinski definition) is 2. The fourth-order valence-corrected chi connectivity index (χ4v) is 3.91. The molecule has 0 radical (unpaired) electrons. The standard InChI is InChI=1S/C23H22BrF3N4O/c24-17-10-8-15(9-11-17)14-28-21-13-20(30-22(31-21)29-18-5-1-2-6-18)16-4-3-7-19(12-16)32-23(25,26)27/h3-4,7-13,18H,1-2,5-6,14H2,(H2,28,29,30,31). The summed E-state index contributed by atoms with van der Waals surface area (Å²) in [7, 11) is 0. The molecule has 1 fully saturated rings. The van der Waals surface area contributed by atoms with Crippen molar-refractivity contribution in [1.29, 1.82) is 0 Å². The number of halogens is 4. The van der Waals surface area contributed by atoms with E-state index < -0.39 is 6.36 Å². The predicted molar refractivity (Wildman–Crippen MR) is 121 cm³/mol. The van der Waals surface area contributed by atoms with E-state index in [9.17, 15) is 13.2 Å². The Labute approximate surface area is 192 Å². The van der Waals surface area contributed by atoms with Gasteiger partial charge in [-0.2, -0.15) is 4.98 Å². The van der Waals surface area contributed by atoms with Crippen LogP contribution in [0.25, 0.3) is 11.3 Å². The first-order valence-electron chi connectivity index (χ1n) is 10.3. The fourth-order valence-electron chi connectivity index (χ4n) is 3.65. The summed E-state index contributed by atoms with van der Waals surface area (Å²) in [5, 5.41) is 6.66. The summed E-state index contributed by atoms with van der Waals surface area (Å²) in [6.07, 6.45) is -0.350. The lowest BCUT2D eigenvalue weighted by molar-refractivity contribution is -0.274. The SMILES string of the molecule is FC(F)(F)Oc1cccc(-c2cc(NCc3ccc(Br)cc3)nc(NC3CCCC3)n2)c1.